The van der Waals surface area contributed by atoms with Gasteiger partial charge in [0.25, 0.3) is 0 Å². The molecule has 0 spiro atoms. The first-order valence-corrected chi connectivity index (χ1v) is 6.26. The number of benzene rings is 1. The van der Waals surface area contributed by atoms with Crippen LogP contribution in [0.15, 0.2) is 18.2 Å². The molecule has 1 aliphatic carbocycles. The third-order valence-electron chi connectivity index (χ3n) is 3.07. The van der Waals surface area contributed by atoms with E-state index in [1.807, 2.05) is 6.07 Å². The van der Waals surface area contributed by atoms with Crippen LogP contribution in [0.1, 0.15) is 19.3 Å². The highest BCUT2D eigenvalue weighted by molar-refractivity contribution is 6.42. The van der Waals surface area contributed by atoms with Crippen LogP contribution >= 0.6 is 23.2 Å². The summed E-state index contributed by atoms with van der Waals surface area (Å²) in [6.45, 7) is 0.666. The Labute approximate surface area is 106 Å². The van der Waals surface area contributed by atoms with Crippen LogP contribution < -0.4 is 10.5 Å². The third kappa shape index (κ3) is 2.82. The number of halogens is 2. The van der Waals surface area contributed by atoms with Crippen molar-refractivity contribution in [1.29, 1.82) is 0 Å². The summed E-state index contributed by atoms with van der Waals surface area (Å²) in [5.74, 6) is 1.22. The second kappa shape index (κ2) is 5.26. The molecule has 0 saturated heterocycles. The molecule has 1 fully saturated rings. The van der Waals surface area contributed by atoms with E-state index < -0.39 is 0 Å². The van der Waals surface area contributed by atoms with Crippen LogP contribution in [0, 0.1) is 5.92 Å². The normalized spacial score (nSPS) is 24.7. The van der Waals surface area contributed by atoms with Crippen LogP contribution in [0.3, 0.4) is 0 Å². The van der Waals surface area contributed by atoms with Crippen LogP contribution in [0.25, 0.3) is 0 Å². The zero-order valence-electron chi connectivity index (χ0n) is 8.96. The highest BCUT2D eigenvalue weighted by Gasteiger charge is 2.24. The van der Waals surface area contributed by atoms with Gasteiger partial charge in [0.1, 0.15) is 5.75 Å². The van der Waals surface area contributed by atoms with Crippen LogP contribution in [0.4, 0.5) is 0 Å². The molecule has 2 N–H and O–H groups in total. The van der Waals surface area contributed by atoms with Crippen LogP contribution in [-0.4, -0.2) is 12.6 Å². The zero-order valence-corrected chi connectivity index (χ0v) is 10.5. The van der Waals surface area contributed by atoms with Gasteiger partial charge in [-0.3, -0.25) is 0 Å². The number of hydrogen-bond donors (Lipinski definition) is 1. The molecular weight excluding hydrogens is 245 g/mol. The van der Waals surface area contributed by atoms with E-state index in [0.29, 0.717) is 22.6 Å². The molecule has 0 amide bonds. The third-order valence-corrected chi connectivity index (χ3v) is 3.81. The van der Waals surface area contributed by atoms with Gasteiger partial charge in [-0.2, -0.15) is 0 Å². The molecule has 88 valence electrons. The predicted molar refractivity (Wildman–Crippen MR) is 67.3 cm³/mol. The molecule has 0 heterocycles. The van der Waals surface area contributed by atoms with Gasteiger partial charge in [0, 0.05) is 18.0 Å². The molecule has 1 aliphatic rings. The van der Waals surface area contributed by atoms with Gasteiger partial charge in [-0.05, 0) is 25.0 Å². The molecule has 4 heteroatoms. The van der Waals surface area contributed by atoms with Crippen molar-refractivity contribution < 1.29 is 4.74 Å². The topological polar surface area (TPSA) is 35.2 Å². The van der Waals surface area contributed by atoms with Crippen molar-refractivity contribution in [1.82, 2.24) is 0 Å². The van der Waals surface area contributed by atoms with Gasteiger partial charge >= 0.3 is 0 Å². The second-order valence-corrected chi connectivity index (χ2v) is 5.06. The largest absolute Gasteiger partial charge is 0.493 e. The fourth-order valence-electron chi connectivity index (χ4n) is 2.04. The van der Waals surface area contributed by atoms with E-state index in [1.165, 1.54) is 6.42 Å². The maximum absolute atomic E-state index is 5.97. The number of hydrogen-bond acceptors (Lipinski definition) is 2. The Morgan fingerprint density at radius 2 is 2.06 bits per heavy atom. The molecule has 1 aromatic rings. The van der Waals surface area contributed by atoms with Crippen LogP contribution in [-0.2, 0) is 0 Å². The molecule has 1 aromatic carbocycles. The van der Waals surface area contributed by atoms with E-state index in [2.05, 4.69) is 0 Å². The van der Waals surface area contributed by atoms with Crippen molar-refractivity contribution >= 4 is 23.2 Å². The molecule has 0 aromatic heterocycles. The van der Waals surface area contributed by atoms with Crippen LogP contribution in [0.2, 0.25) is 10.0 Å². The first kappa shape index (κ1) is 12.0. The Balaban J connectivity index is 1.91. The van der Waals surface area contributed by atoms with Gasteiger partial charge in [0.2, 0.25) is 0 Å². The van der Waals surface area contributed by atoms with E-state index in [0.717, 1.165) is 18.6 Å². The standard InChI is InChI=1S/C12H15Cl2NO/c13-10-5-4-9(6-11(10)14)16-7-8-2-1-3-12(8)15/h4-6,8,12H,1-3,7,15H2. The van der Waals surface area contributed by atoms with Gasteiger partial charge in [-0.1, -0.05) is 29.6 Å². The Bertz CT molecular complexity index is 370. The average molecular weight is 260 g/mol. The van der Waals surface area contributed by atoms with E-state index in [-0.39, 0.29) is 6.04 Å². The SMILES string of the molecule is NC1CCCC1COc1ccc(Cl)c(Cl)c1. The van der Waals surface area contributed by atoms with Crippen molar-refractivity contribution in [3.05, 3.63) is 28.2 Å². The van der Waals surface area contributed by atoms with Crippen molar-refractivity contribution in [3.8, 4) is 5.75 Å². The van der Waals surface area contributed by atoms with E-state index in [4.69, 9.17) is 33.7 Å². The molecule has 2 nitrogen and oxygen atoms in total. The lowest BCUT2D eigenvalue weighted by molar-refractivity contribution is 0.239. The monoisotopic (exact) mass is 259 g/mol. The van der Waals surface area contributed by atoms with Crippen molar-refractivity contribution in [2.75, 3.05) is 6.61 Å². The maximum atomic E-state index is 5.97. The highest BCUT2D eigenvalue weighted by atomic mass is 35.5. The minimum Gasteiger partial charge on any atom is -0.493 e. The van der Waals surface area contributed by atoms with Crippen molar-refractivity contribution in [2.45, 2.75) is 25.3 Å². The summed E-state index contributed by atoms with van der Waals surface area (Å²) >= 11 is 11.7. The minimum atomic E-state index is 0.280. The fourth-order valence-corrected chi connectivity index (χ4v) is 2.33. The quantitative estimate of drug-likeness (QED) is 0.902. The maximum Gasteiger partial charge on any atom is 0.120 e. The summed E-state index contributed by atoms with van der Waals surface area (Å²) in [5.41, 5.74) is 5.97. The lowest BCUT2D eigenvalue weighted by atomic mass is 10.1. The Morgan fingerprint density at radius 1 is 1.25 bits per heavy atom. The van der Waals surface area contributed by atoms with Crippen molar-refractivity contribution in [2.24, 2.45) is 11.7 Å². The Kier molecular flexibility index (Phi) is 3.95. The Morgan fingerprint density at radius 3 is 2.69 bits per heavy atom. The predicted octanol–water partition coefficient (Wildman–Crippen LogP) is 3.50. The van der Waals surface area contributed by atoms with Gasteiger partial charge < -0.3 is 10.5 Å². The summed E-state index contributed by atoms with van der Waals surface area (Å²) in [7, 11) is 0. The van der Waals surface area contributed by atoms with Gasteiger partial charge in [-0.25, -0.2) is 0 Å². The van der Waals surface area contributed by atoms with Gasteiger partial charge in [0.05, 0.1) is 16.7 Å². The molecule has 2 unspecified atom stereocenters. The molecule has 16 heavy (non-hydrogen) atoms. The van der Waals surface area contributed by atoms with E-state index in [9.17, 15) is 0 Å². The second-order valence-electron chi connectivity index (χ2n) is 4.24. The summed E-state index contributed by atoms with van der Waals surface area (Å²) in [6, 6.07) is 5.59. The van der Waals surface area contributed by atoms with Gasteiger partial charge in [0.15, 0.2) is 0 Å². The minimum absolute atomic E-state index is 0.280. The first-order chi connectivity index (χ1) is 7.66. The van der Waals surface area contributed by atoms with Crippen molar-refractivity contribution in [3.63, 3.8) is 0 Å². The van der Waals surface area contributed by atoms with Gasteiger partial charge in [-0.15, -0.1) is 0 Å². The number of ether oxygens (including phenoxy) is 1. The molecular formula is C12H15Cl2NO. The molecule has 2 rings (SSSR count). The summed E-state index contributed by atoms with van der Waals surface area (Å²) in [4.78, 5) is 0. The number of nitrogens with two attached hydrogens (primary N) is 1. The highest BCUT2D eigenvalue weighted by Crippen LogP contribution is 2.28. The fraction of sp³-hybridized carbons (Fsp3) is 0.500. The lowest BCUT2D eigenvalue weighted by Gasteiger charge is -2.16. The molecule has 0 aliphatic heterocycles. The molecule has 0 radical (unpaired) electrons. The van der Waals surface area contributed by atoms with Crippen LogP contribution in [0.5, 0.6) is 5.75 Å². The van der Waals surface area contributed by atoms with E-state index in [1.54, 1.807) is 12.1 Å². The summed E-state index contributed by atoms with van der Waals surface area (Å²) < 4.78 is 5.67. The average Bonchev–Trinajstić information content (AvgIpc) is 2.66. The Hall–Kier alpha value is -0.440. The smallest absolute Gasteiger partial charge is 0.120 e. The lowest BCUT2D eigenvalue weighted by Crippen LogP contribution is -2.28. The first-order valence-electron chi connectivity index (χ1n) is 5.50. The summed E-state index contributed by atoms with van der Waals surface area (Å²) in [5, 5.41) is 1.07. The zero-order chi connectivity index (χ0) is 11.5. The molecule has 0 bridgehead atoms. The summed E-state index contributed by atoms with van der Waals surface area (Å²) in [6.07, 6.45) is 3.47. The molecule has 1 saturated carbocycles. The van der Waals surface area contributed by atoms with E-state index >= 15 is 0 Å². The molecule has 2 atom stereocenters. The number of rotatable bonds is 3.